The summed E-state index contributed by atoms with van der Waals surface area (Å²) in [6.45, 7) is 0. The number of benzene rings is 1. The molecular weight excluding hydrogens is 364 g/mol. The molecule has 0 unspecified atom stereocenters. The number of carbonyl (C=O) groups excluding carboxylic acids is 1. The van der Waals surface area contributed by atoms with Crippen LogP contribution in [-0.4, -0.2) is 16.1 Å². The molecule has 0 aliphatic heterocycles. The summed E-state index contributed by atoms with van der Waals surface area (Å²) in [6.07, 6.45) is 5.83. The lowest BCUT2D eigenvalue weighted by Crippen LogP contribution is -2.20. The van der Waals surface area contributed by atoms with E-state index in [9.17, 15) is 4.79 Å². The van der Waals surface area contributed by atoms with Crippen molar-refractivity contribution in [1.82, 2.24) is 10.2 Å². The molecule has 2 saturated carbocycles. The van der Waals surface area contributed by atoms with Crippen molar-refractivity contribution in [2.45, 2.75) is 42.2 Å². The molecule has 2 bridgehead atoms. The SMILES string of the molecule is N#Cc1ccc(CSc2nnc(NC(=O)C[C@@H]3C[C@H]4CC[C@H]3C4)s2)cc1. The summed E-state index contributed by atoms with van der Waals surface area (Å²) in [5.74, 6) is 3.02. The van der Waals surface area contributed by atoms with Crippen LogP contribution in [0, 0.1) is 29.1 Å². The summed E-state index contributed by atoms with van der Waals surface area (Å²) in [5.41, 5.74) is 1.79. The zero-order valence-corrected chi connectivity index (χ0v) is 16.0. The number of aromatic nitrogens is 2. The minimum atomic E-state index is 0.0716. The second kappa shape index (κ2) is 7.77. The first-order chi connectivity index (χ1) is 12.7. The average molecular weight is 385 g/mol. The van der Waals surface area contributed by atoms with Gasteiger partial charge in [-0.2, -0.15) is 5.26 Å². The molecular formula is C19H20N4OS2. The minimum absolute atomic E-state index is 0.0716. The van der Waals surface area contributed by atoms with Crippen LogP contribution in [0.1, 0.15) is 43.2 Å². The molecule has 1 aromatic heterocycles. The van der Waals surface area contributed by atoms with Crippen LogP contribution in [0.25, 0.3) is 0 Å². The standard InChI is InChI=1S/C19H20N4OS2/c20-10-12-1-3-13(4-2-12)11-25-19-23-22-18(26-19)21-17(24)9-16-8-14-5-6-15(16)7-14/h1-4,14-16H,5-9,11H2,(H,21,22,24)/t14-,15-,16-/m0/s1. The van der Waals surface area contributed by atoms with Crippen molar-refractivity contribution in [2.24, 2.45) is 17.8 Å². The van der Waals surface area contributed by atoms with Crippen LogP contribution >= 0.6 is 23.1 Å². The topological polar surface area (TPSA) is 78.7 Å². The summed E-state index contributed by atoms with van der Waals surface area (Å²) in [4.78, 5) is 12.3. The van der Waals surface area contributed by atoms with Crippen LogP contribution in [0.15, 0.2) is 28.6 Å². The third kappa shape index (κ3) is 4.08. The molecule has 0 saturated heterocycles. The van der Waals surface area contributed by atoms with E-state index >= 15 is 0 Å². The maximum absolute atomic E-state index is 12.3. The highest BCUT2D eigenvalue weighted by molar-refractivity contribution is 8.00. The lowest BCUT2D eigenvalue weighted by molar-refractivity contribution is -0.117. The Morgan fingerprint density at radius 1 is 1.27 bits per heavy atom. The van der Waals surface area contributed by atoms with E-state index in [1.165, 1.54) is 37.0 Å². The Bertz CT molecular complexity index is 827. The smallest absolute Gasteiger partial charge is 0.226 e. The lowest BCUT2D eigenvalue weighted by Gasteiger charge is -2.20. The number of amides is 1. The number of fused-ring (bicyclic) bond motifs is 2. The average Bonchev–Trinajstić information content (AvgIpc) is 3.37. The van der Waals surface area contributed by atoms with Crippen molar-refractivity contribution in [3.8, 4) is 6.07 Å². The molecule has 2 aromatic rings. The van der Waals surface area contributed by atoms with E-state index in [4.69, 9.17) is 5.26 Å². The van der Waals surface area contributed by atoms with Gasteiger partial charge in [0.15, 0.2) is 4.34 Å². The second-order valence-corrected chi connectivity index (χ2v) is 9.36. The van der Waals surface area contributed by atoms with Crippen molar-refractivity contribution < 1.29 is 4.79 Å². The summed E-state index contributed by atoms with van der Waals surface area (Å²) in [7, 11) is 0. The first-order valence-corrected chi connectivity index (χ1v) is 10.7. The van der Waals surface area contributed by atoms with Crippen molar-refractivity contribution in [3.05, 3.63) is 35.4 Å². The summed E-state index contributed by atoms with van der Waals surface area (Å²) in [6, 6.07) is 9.65. The van der Waals surface area contributed by atoms with Crippen LogP contribution < -0.4 is 5.32 Å². The third-order valence-electron chi connectivity index (χ3n) is 5.43. The predicted molar refractivity (Wildman–Crippen MR) is 103 cm³/mol. The monoisotopic (exact) mass is 384 g/mol. The normalized spacial score (nSPS) is 23.7. The van der Waals surface area contributed by atoms with Crippen LogP contribution in [0.5, 0.6) is 0 Å². The fourth-order valence-electron chi connectivity index (χ4n) is 4.17. The van der Waals surface area contributed by atoms with Gasteiger partial charge in [0.05, 0.1) is 11.6 Å². The number of carbonyl (C=O) groups is 1. The molecule has 4 rings (SSSR count). The Morgan fingerprint density at radius 2 is 2.12 bits per heavy atom. The van der Waals surface area contributed by atoms with E-state index in [0.29, 0.717) is 23.0 Å². The predicted octanol–water partition coefficient (Wildman–Crippen LogP) is 4.47. The molecule has 1 aromatic carbocycles. The molecule has 0 spiro atoms. The van der Waals surface area contributed by atoms with Crippen LogP contribution in [0.4, 0.5) is 5.13 Å². The molecule has 26 heavy (non-hydrogen) atoms. The van der Waals surface area contributed by atoms with Crippen molar-refractivity contribution in [2.75, 3.05) is 5.32 Å². The molecule has 7 heteroatoms. The van der Waals surface area contributed by atoms with Crippen LogP contribution in [-0.2, 0) is 10.5 Å². The first-order valence-electron chi connectivity index (χ1n) is 8.95. The van der Waals surface area contributed by atoms with Crippen LogP contribution in [0.3, 0.4) is 0 Å². The molecule has 1 amide bonds. The molecule has 2 aliphatic rings. The Morgan fingerprint density at radius 3 is 2.81 bits per heavy atom. The number of rotatable bonds is 6. The molecule has 0 radical (unpaired) electrons. The Balaban J connectivity index is 1.26. The van der Waals surface area contributed by atoms with Gasteiger partial charge in [-0.05, 0) is 54.7 Å². The van der Waals surface area contributed by atoms with Crippen LogP contribution in [0.2, 0.25) is 0 Å². The van der Waals surface area contributed by atoms with E-state index < -0.39 is 0 Å². The minimum Gasteiger partial charge on any atom is -0.300 e. The molecule has 3 atom stereocenters. The van der Waals surface area contributed by atoms with Gasteiger partial charge in [-0.25, -0.2) is 0 Å². The van der Waals surface area contributed by atoms with Gasteiger partial charge in [0, 0.05) is 12.2 Å². The number of thioether (sulfide) groups is 1. The number of anilines is 1. The van der Waals surface area contributed by atoms with Gasteiger partial charge in [0.2, 0.25) is 11.0 Å². The quantitative estimate of drug-likeness (QED) is 0.587. The zero-order valence-electron chi connectivity index (χ0n) is 14.4. The Hall–Kier alpha value is -1.91. The largest absolute Gasteiger partial charge is 0.300 e. The van der Waals surface area contributed by atoms with Gasteiger partial charge in [0.1, 0.15) is 0 Å². The maximum atomic E-state index is 12.3. The number of hydrogen-bond acceptors (Lipinski definition) is 6. The van der Waals surface area contributed by atoms with E-state index in [1.807, 2.05) is 24.3 Å². The maximum Gasteiger partial charge on any atom is 0.226 e. The van der Waals surface area contributed by atoms with Gasteiger partial charge >= 0.3 is 0 Å². The third-order valence-corrected chi connectivity index (χ3v) is 7.47. The van der Waals surface area contributed by atoms with Gasteiger partial charge in [-0.3, -0.25) is 4.79 Å². The molecule has 5 nitrogen and oxygen atoms in total. The first kappa shape index (κ1) is 17.5. The van der Waals surface area contributed by atoms with Gasteiger partial charge in [-0.15, -0.1) is 10.2 Å². The summed E-state index contributed by atoms with van der Waals surface area (Å²) in [5, 5.41) is 20.6. The van der Waals surface area contributed by atoms with Crippen molar-refractivity contribution in [1.29, 1.82) is 5.26 Å². The highest BCUT2D eigenvalue weighted by Crippen LogP contribution is 2.49. The number of hydrogen-bond donors (Lipinski definition) is 1. The summed E-state index contributed by atoms with van der Waals surface area (Å²) < 4.78 is 0.838. The number of nitrogens with one attached hydrogen (secondary N) is 1. The highest BCUT2D eigenvalue weighted by Gasteiger charge is 2.40. The van der Waals surface area contributed by atoms with Gasteiger partial charge in [0.25, 0.3) is 0 Å². The van der Waals surface area contributed by atoms with E-state index in [-0.39, 0.29) is 5.91 Å². The Kier molecular flexibility index (Phi) is 5.23. The van der Waals surface area contributed by atoms with E-state index in [0.717, 1.165) is 27.5 Å². The van der Waals surface area contributed by atoms with E-state index in [1.54, 1.807) is 11.8 Å². The fraction of sp³-hybridized carbons (Fsp3) is 0.474. The zero-order chi connectivity index (χ0) is 17.9. The molecule has 2 fully saturated rings. The number of nitriles is 1. The lowest BCUT2D eigenvalue weighted by atomic mass is 9.86. The van der Waals surface area contributed by atoms with Gasteiger partial charge < -0.3 is 5.32 Å². The fourth-order valence-corrected chi connectivity index (χ4v) is 5.90. The highest BCUT2D eigenvalue weighted by atomic mass is 32.2. The second-order valence-electron chi connectivity index (χ2n) is 7.16. The number of nitrogens with zero attached hydrogens (tertiary/aromatic N) is 3. The molecule has 134 valence electrons. The van der Waals surface area contributed by atoms with Crippen molar-refractivity contribution in [3.63, 3.8) is 0 Å². The Labute approximate surface area is 161 Å². The van der Waals surface area contributed by atoms with Gasteiger partial charge in [-0.1, -0.05) is 41.7 Å². The molecule has 1 heterocycles. The van der Waals surface area contributed by atoms with E-state index in [2.05, 4.69) is 21.6 Å². The summed E-state index contributed by atoms with van der Waals surface area (Å²) >= 11 is 3.01. The molecule has 1 N–H and O–H groups in total. The van der Waals surface area contributed by atoms with Crippen molar-refractivity contribution >= 4 is 34.1 Å². The molecule has 2 aliphatic carbocycles.